The maximum atomic E-state index is 12.4. The molecule has 0 saturated carbocycles. The number of thiophene rings is 1. The molecule has 2 N–H and O–H groups in total. The molecular weight excluding hydrogens is 376 g/mol. The van der Waals surface area contributed by atoms with Gasteiger partial charge in [-0.05, 0) is 36.0 Å². The topological polar surface area (TPSA) is 50.4 Å². The van der Waals surface area contributed by atoms with E-state index >= 15 is 0 Å². The molecule has 4 nitrogen and oxygen atoms in total. The number of carbonyl (C=O) groups is 1. The average Bonchev–Trinajstić information content (AvgIpc) is 2.97. The van der Waals surface area contributed by atoms with Gasteiger partial charge in [-0.1, -0.05) is 41.9 Å². The summed E-state index contributed by atoms with van der Waals surface area (Å²) in [6.07, 6.45) is 0. The lowest BCUT2D eigenvalue weighted by molar-refractivity contribution is 0.0981. The highest BCUT2D eigenvalue weighted by atomic mass is 35.5. The zero-order valence-electron chi connectivity index (χ0n) is 13.3. The van der Waals surface area contributed by atoms with Crippen LogP contribution in [0.3, 0.4) is 0 Å². The number of ether oxygens (including phenoxy) is 1. The number of benzene rings is 2. The number of amides is 1. The van der Waals surface area contributed by atoms with Crippen LogP contribution < -0.4 is 15.4 Å². The number of methoxy groups -OCH3 is 1. The van der Waals surface area contributed by atoms with E-state index < -0.39 is 0 Å². The van der Waals surface area contributed by atoms with Crippen molar-refractivity contribution in [2.24, 2.45) is 0 Å². The van der Waals surface area contributed by atoms with Gasteiger partial charge in [-0.2, -0.15) is 0 Å². The number of fused-ring (bicyclic) bond motifs is 1. The smallest absolute Gasteiger partial charge is 0.269 e. The molecule has 25 heavy (non-hydrogen) atoms. The lowest BCUT2D eigenvalue weighted by atomic mass is 10.2. The van der Waals surface area contributed by atoms with E-state index in [-0.39, 0.29) is 11.0 Å². The van der Waals surface area contributed by atoms with Gasteiger partial charge in [0.25, 0.3) is 5.91 Å². The van der Waals surface area contributed by atoms with E-state index in [4.69, 9.17) is 28.6 Å². The van der Waals surface area contributed by atoms with Crippen LogP contribution in [0.25, 0.3) is 10.1 Å². The summed E-state index contributed by atoms with van der Waals surface area (Å²) in [4.78, 5) is 12.9. The van der Waals surface area contributed by atoms with Crippen molar-refractivity contribution >= 4 is 56.3 Å². The molecule has 0 bridgehead atoms. The Morgan fingerprint density at radius 2 is 2.04 bits per heavy atom. The Balaban J connectivity index is 1.63. The van der Waals surface area contributed by atoms with Crippen LogP contribution in [0.2, 0.25) is 5.02 Å². The Morgan fingerprint density at radius 3 is 2.80 bits per heavy atom. The SMILES string of the molecule is COc1cccc(CNC(=S)NC(=O)c2sc3ccccc3c2Cl)c1. The molecule has 7 heteroatoms. The van der Waals surface area contributed by atoms with E-state index in [1.807, 2.05) is 48.5 Å². The zero-order chi connectivity index (χ0) is 17.8. The molecule has 2 aromatic carbocycles. The Kier molecular flexibility index (Phi) is 5.53. The van der Waals surface area contributed by atoms with Gasteiger partial charge in [-0.3, -0.25) is 10.1 Å². The van der Waals surface area contributed by atoms with Crippen molar-refractivity contribution < 1.29 is 9.53 Å². The largest absolute Gasteiger partial charge is 0.497 e. The van der Waals surface area contributed by atoms with Crippen LogP contribution in [-0.2, 0) is 6.54 Å². The zero-order valence-corrected chi connectivity index (χ0v) is 15.7. The fourth-order valence-corrected chi connectivity index (χ4v) is 3.91. The minimum Gasteiger partial charge on any atom is -0.497 e. The summed E-state index contributed by atoms with van der Waals surface area (Å²) in [6, 6.07) is 15.2. The summed E-state index contributed by atoms with van der Waals surface area (Å²) in [5.74, 6) is 0.459. The lowest BCUT2D eigenvalue weighted by Gasteiger charge is -2.10. The third kappa shape index (κ3) is 4.10. The second kappa shape index (κ2) is 7.82. The summed E-state index contributed by atoms with van der Waals surface area (Å²) in [5, 5.41) is 7.26. The van der Waals surface area contributed by atoms with Crippen molar-refractivity contribution in [3.8, 4) is 5.75 Å². The van der Waals surface area contributed by atoms with Crippen molar-refractivity contribution in [1.29, 1.82) is 0 Å². The highest BCUT2D eigenvalue weighted by Gasteiger charge is 2.17. The molecule has 0 aliphatic rings. The van der Waals surface area contributed by atoms with Crippen molar-refractivity contribution in [2.45, 2.75) is 6.54 Å². The third-order valence-corrected chi connectivity index (χ3v) is 5.48. The Labute approximate surface area is 159 Å². The van der Waals surface area contributed by atoms with Gasteiger partial charge in [0.15, 0.2) is 5.11 Å². The molecule has 0 spiro atoms. The molecule has 3 aromatic rings. The third-order valence-electron chi connectivity index (χ3n) is 3.56. The van der Waals surface area contributed by atoms with Crippen LogP contribution in [0.1, 0.15) is 15.2 Å². The molecule has 3 rings (SSSR count). The van der Waals surface area contributed by atoms with Gasteiger partial charge in [-0.15, -0.1) is 11.3 Å². The summed E-state index contributed by atoms with van der Waals surface area (Å²) in [6.45, 7) is 0.483. The summed E-state index contributed by atoms with van der Waals surface area (Å²) >= 11 is 12.9. The molecule has 1 aromatic heterocycles. The Morgan fingerprint density at radius 1 is 1.24 bits per heavy atom. The number of halogens is 1. The number of hydrogen-bond acceptors (Lipinski definition) is 4. The quantitative estimate of drug-likeness (QED) is 0.649. The highest BCUT2D eigenvalue weighted by molar-refractivity contribution is 7.80. The van der Waals surface area contributed by atoms with Crippen LogP contribution in [-0.4, -0.2) is 18.1 Å². The first-order chi connectivity index (χ1) is 12.1. The van der Waals surface area contributed by atoms with Crippen LogP contribution in [0.5, 0.6) is 5.75 Å². The minimum atomic E-state index is -0.311. The van der Waals surface area contributed by atoms with Gasteiger partial charge < -0.3 is 10.1 Å². The molecule has 0 atom stereocenters. The van der Waals surface area contributed by atoms with Gasteiger partial charge >= 0.3 is 0 Å². The second-order valence-electron chi connectivity index (χ2n) is 5.23. The minimum absolute atomic E-state index is 0.251. The van der Waals surface area contributed by atoms with Crippen LogP contribution in [0.15, 0.2) is 48.5 Å². The number of hydrogen-bond donors (Lipinski definition) is 2. The molecule has 0 unspecified atom stereocenters. The normalized spacial score (nSPS) is 10.5. The van der Waals surface area contributed by atoms with Crippen molar-refractivity contribution in [1.82, 2.24) is 10.6 Å². The highest BCUT2D eigenvalue weighted by Crippen LogP contribution is 2.34. The van der Waals surface area contributed by atoms with Gasteiger partial charge in [0.1, 0.15) is 10.6 Å². The fourth-order valence-electron chi connectivity index (χ4n) is 2.33. The number of rotatable bonds is 4. The Hall–Kier alpha value is -2.15. The predicted molar refractivity (Wildman–Crippen MR) is 107 cm³/mol. The molecule has 0 saturated heterocycles. The number of nitrogens with one attached hydrogen (secondary N) is 2. The van der Waals surface area contributed by atoms with Gasteiger partial charge in [0, 0.05) is 16.6 Å². The molecule has 0 aliphatic heterocycles. The summed E-state index contributed by atoms with van der Waals surface area (Å²) in [7, 11) is 1.62. The maximum Gasteiger partial charge on any atom is 0.269 e. The van der Waals surface area contributed by atoms with Crippen molar-refractivity contribution in [3.63, 3.8) is 0 Å². The number of thiocarbonyl (C=S) groups is 1. The Bertz CT molecular complexity index is 940. The molecule has 128 valence electrons. The first-order valence-corrected chi connectivity index (χ1v) is 9.08. The van der Waals surface area contributed by atoms with E-state index in [9.17, 15) is 4.79 Å². The standard InChI is InChI=1S/C18H15ClN2O2S2/c1-23-12-6-4-5-11(9-12)10-20-18(24)21-17(22)16-15(19)13-7-2-3-8-14(13)25-16/h2-9H,10H2,1H3,(H2,20,21,22,24). The maximum absolute atomic E-state index is 12.4. The fraction of sp³-hybridized carbons (Fsp3) is 0.111. The van der Waals surface area contributed by atoms with Crippen molar-refractivity contribution in [2.75, 3.05) is 7.11 Å². The lowest BCUT2D eigenvalue weighted by Crippen LogP contribution is -2.38. The first-order valence-electron chi connectivity index (χ1n) is 7.47. The van der Waals surface area contributed by atoms with E-state index in [0.29, 0.717) is 16.4 Å². The van der Waals surface area contributed by atoms with Gasteiger partial charge in [-0.25, -0.2) is 0 Å². The average molecular weight is 391 g/mol. The van der Waals surface area contributed by atoms with E-state index in [1.54, 1.807) is 7.11 Å². The second-order valence-corrected chi connectivity index (χ2v) is 7.07. The van der Waals surface area contributed by atoms with Crippen molar-refractivity contribution in [3.05, 3.63) is 64.0 Å². The van der Waals surface area contributed by atoms with Gasteiger partial charge in [0.2, 0.25) is 0 Å². The van der Waals surface area contributed by atoms with Gasteiger partial charge in [0.05, 0.1) is 12.1 Å². The molecule has 1 amide bonds. The van der Waals surface area contributed by atoms with E-state index in [0.717, 1.165) is 21.4 Å². The summed E-state index contributed by atoms with van der Waals surface area (Å²) < 4.78 is 6.15. The van der Waals surface area contributed by atoms with Crippen LogP contribution in [0.4, 0.5) is 0 Å². The molecule has 0 fully saturated rings. The predicted octanol–water partition coefficient (Wildman–Crippen LogP) is 4.37. The molecular formula is C18H15ClN2O2S2. The van der Waals surface area contributed by atoms with E-state index in [2.05, 4.69) is 10.6 Å². The van der Waals surface area contributed by atoms with Crippen LogP contribution in [0, 0.1) is 0 Å². The molecule has 1 heterocycles. The number of carbonyl (C=O) groups excluding carboxylic acids is 1. The molecule has 0 aliphatic carbocycles. The van der Waals surface area contributed by atoms with Crippen LogP contribution >= 0.6 is 35.2 Å². The first kappa shape index (κ1) is 17.7. The summed E-state index contributed by atoms with van der Waals surface area (Å²) in [5.41, 5.74) is 0.996. The monoisotopic (exact) mass is 390 g/mol. The van der Waals surface area contributed by atoms with E-state index in [1.165, 1.54) is 11.3 Å². The molecule has 0 radical (unpaired) electrons.